The number of carbonyl (C=O) groups is 1. The largest absolute Gasteiger partial charge is 0.451 e. The van der Waals surface area contributed by atoms with E-state index in [-0.39, 0.29) is 11.8 Å². The molecule has 3 heterocycles. The van der Waals surface area contributed by atoms with Crippen molar-refractivity contribution >= 4 is 43.8 Å². The molecule has 1 amide bonds. The lowest BCUT2D eigenvalue weighted by molar-refractivity contribution is 0.0675. The number of hydrogen-bond donors (Lipinski definition) is 1. The van der Waals surface area contributed by atoms with E-state index in [2.05, 4.69) is 20.9 Å². The lowest BCUT2D eigenvalue weighted by Gasteiger charge is -2.31. The number of nitrogens with zero attached hydrogens (tertiary/aromatic N) is 2. The Kier molecular flexibility index (Phi) is 4.01. The van der Waals surface area contributed by atoms with Crippen LogP contribution in [0.2, 0.25) is 0 Å². The summed E-state index contributed by atoms with van der Waals surface area (Å²) < 4.78 is 6.76. The number of H-pyrrole nitrogens is 1. The van der Waals surface area contributed by atoms with E-state index in [0.29, 0.717) is 12.3 Å². The number of rotatable bonds is 2. The molecule has 2 aromatic heterocycles. The number of nitrogens with one attached hydrogen (secondary N) is 1. The lowest BCUT2D eigenvalue weighted by Crippen LogP contribution is -2.39. The third-order valence-electron chi connectivity index (χ3n) is 5.19. The van der Waals surface area contributed by atoms with Crippen LogP contribution in [-0.2, 0) is 0 Å². The first kappa shape index (κ1) is 16.6. The molecule has 0 aliphatic carbocycles. The predicted molar refractivity (Wildman–Crippen MR) is 108 cm³/mol. The molecule has 1 aliphatic rings. The van der Waals surface area contributed by atoms with Gasteiger partial charge in [-0.05, 0) is 49.2 Å². The maximum Gasteiger partial charge on any atom is 0.289 e. The zero-order valence-corrected chi connectivity index (χ0v) is 16.2. The summed E-state index contributed by atoms with van der Waals surface area (Å²) in [6.07, 6.45) is 1.98. The minimum absolute atomic E-state index is 0.0527. The molecule has 1 fully saturated rings. The van der Waals surface area contributed by atoms with Gasteiger partial charge in [-0.15, -0.1) is 0 Å². The van der Waals surface area contributed by atoms with Crippen LogP contribution in [0.1, 0.15) is 35.1 Å². The maximum atomic E-state index is 13.0. The second-order valence-electron chi connectivity index (χ2n) is 7.02. The van der Waals surface area contributed by atoms with Gasteiger partial charge in [-0.2, -0.15) is 0 Å². The standard InChI is InChI=1S/C21H18BrN3O2/c22-15-7-8-18-14(10-15)11-19(27-18)21(26)25-9-3-4-13(12-25)20-23-16-5-1-2-6-17(16)24-20/h1-2,5-8,10-11,13H,3-4,9,12H2,(H,23,24). The fourth-order valence-electron chi connectivity index (χ4n) is 3.83. The van der Waals surface area contributed by atoms with Crippen LogP contribution in [-0.4, -0.2) is 33.9 Å². The van der Waals surface area contributed by atoms with Crippen molar-refractivity contribution in [3.63, 3.8) is 0 Å². The van der Waals surface area contributed by atoms with Crippen molar-refractivity contribution in [1.82, 2.24) is 14.9 Å². The number of fused-ring (bicyclic) bond motifs is 2. The number of hydrogen-bond acceptors (Lipinski definition) is 3. The van der Waals surface area contributed by atoms with Gasteiger partial charge < -0.3 is 14.3 Å². The third kappa shape index (κ3) is 3.04. The van der Waals surface area contributed by atoms with E-state index < -0.39 is 0 Å². The maximum absolute atomic E-state index is 13.0. The Balaban J connectivity index is 1.40. The number of carbonyl (C=O) groups excluding carboxylic acids is 1. The molecule has 2 aromatic carbocycles. The third-order valence-corrected chi connectivity index (χ3v) is 5.69. The van der Waals surface area contributed by atoms with E-state index >= 15 is 0 Å². The highest BCUT2D eigenvalue weighted by atomic mass is 79.9. The van der Waals surface area contributed by atoms with Crippen LogP contribution in [0.5, 0.6) is 0 Å². The van der Waals surface area contributed by atoms with Gasteiger partial charge in [0.15, 0.2) is 5.76 Å². The highest BCUT2D eigenvalue weighted by molar-refractivity contribution is 9.10. The summed E-state index contributed by atoms with van der Waals surface area (Å²) in [5.74, 6) is 1.52. The molecule has 1 unspecified atom stereocenters. The zero-order valence-electron chi connectivity index (χ0n) is 14.6. The zero-order chi connectivity index (χ0) is 18.4. The Bertz CT molecular complexity index is 1110. The van der Waals surface area contributed by atoms with Gasteiger partial charge in [-0.3, -0.25) is 4.79 Å². The summed E-state index contributed by atoms with van der Waals surface area (Å²) >= 11 is 3.46. The van der Waals surface area contributed by atoms with E-state index in [9.17, 15) is 4.79 Å². The van der Waals surface area contributed by atoms with Crippen molar-refractivity contribution in [3.8, 4) is 0 Å². The Morgan fingerprint density at radius 1 is 1.22 bits per heavy atom. The van der Waals surface area contributed by atoms with E-state index in [1.54, 1.807) is 0 Å². The number of imidazole rings is 1. The topological polar surface area (TPSA) is 62.1 Å². The van der Waals surface area contributed by atoms with Crippen molar-refractivity contribution in [3.05, 3.63) is 64.6 Å². The number of likely N-dealkylation sites (tertiary alicyclic amines) is 1. The molecule has 1 atom stereocenters. The summed E-state index contributed by atoms with van der Waals surface area (Å²) in [6, 6.07) is 15.6. The van der Waals surface area contributed by atoms with Crippen molar-refractivity contribution in [1.29, 1.82) is 0 Å². The highest BCUT2D eigenvalue weighted by Gasteiger charge is 2.29. The average molecular weight is 424 g/mol. The van der Waals surface area contributed by atoms with Gasteiger partial charge in [-0.1, -0.05) is 28.1 Å². The van der Waals surface area contributed by atoms with Gasteiger partial charge in [0, 0.05) is 28.9 Å². The number of para-hydroxylation sites is 2. The fourth-order valence-corrected chi connectivity index (χ4v) is 4.20. The molecule has 1 saturated heterocycles. The first-order valence-corrected chi connectivity index (χ1v) is 9.90. The van der Waals surface area contributed by atoms with Crippen LogP contribution in [0.15, 0.2) is 57.4 Å². The van der Waals surface area contributed by atoms with E-state index in [1.807, 2.05) is 53.4 Å². The molecular formula is C21H18BrN3O2. The Morgan fingerprint density at radius 2 is 2.11 bits per heavy atom. The van der Waals surface area contributed by atoms with Gasteiger partial charge in [0.05, 0.1) is 11.0 Å². The molecule has 6 heteroatoms. The molecule has 0 saturated carbocycles. The molecular weight excluding hydrogens is 406 g/mol. The van der Waals surface area contributed by atoms with Crippen molar-refractivity contribution in [2.45, 2.75) is 18.8 Å². The van der Waals surface area contributed by atoms with Gasteiger partial charge in [0.25, 0.3) is 5.91 Å². The van der Waals surface area contributed by atoms with Gasteiger partial charge in [-0.25, -0.2) is 4.98 Å². The first-order valence-electron chi connectivity index (χ1n) is 9.10. The minimum Gasteiger partial charge on any atom is -0.451 e. The number of amides is 1. The second-order valence-corrected chi connectivity index (χ2v) is 7.94. The second kappa shape index (κ2) is 6.53. The molecule has 136 valence electrons. The summed E-state index contributed by atoms with van der Waals surface area (Å²) in [6.45, 7) is 1.40. The monoisotopic (exact) mass is 423 g/mol. The molecule has 1 N–H and O–H groups in total. The summed E-state index contributed by atoms with van der Waals surface area (Å²) in [5, 5.41) is 0.929. The number of benzene rings is 2. The van der Waals surface area contributed by atoms with Gasteiger partial charge in [0.2, 0.25) is 0 Å². The lowest BCUT2D eigenvalue weighted by atomic mass is 9.97. The Hall–Kier alpha value is -2.60. The Morgan fingerprint density at radius 3 is 3.00 bits per heavy atom. The SMILES string of the molecule is O=C(c1cc2cc(Br)ccc2o1)N1CCCC(c2nc3ccccc3[nH]2)C1. The molecule has 5 rings (SSSR count). The van der Waals surface area contributed by atoms with Gasteiger partial charge in [0.1, 0.15) is 11.4 Å². The molecule has 0 bridgehead atoms. The number of halogens is 1. The molecule has 4 aromatic rings. The molecule has 1 aliphatic heterocycles. The minimum atomic E-state index is -0.0527. The molecule has 0 radical (unpaired) electrons. The summed E-state index contributed by atoms with van der Waals surface area (Å²) in [7, 11) is 0. The smallest absolute Gasteiger partial charge is 0.289 e. The Labute approximate surface area is 164 Å². The number of aromatic nitrogens is 2. The highest BCUT2D eigenvalue weighted by Crippen LogP contribution is 2.29. The van der Waals surface area contributed by atoms with Crippen LogP contribution < -0.4 is 0 Å². The van der Waals surface area contributed by atoms with Crippen molar-refractivity contribution in [2.24, 2.45) is 0 Å². The number of piperidine rings is 1. The number of furan rings is 1. The quantitative estimate of drug-likeness (QED) is 0.488. The van der Waals surface area contributed by atoms with E-state index in [4.69, 9.17) is 9.40 Å². The van der Waals surface area contributed by atoms with Crippen LogP contribution in [0, 0.1) is 0 Å². The van der Waals surface area contributed by atoms with Crippen LogP contribution in [0.25, 0.3) is 22.0 Å². The van der Waals surface area contributed by atoms with Crippen LogP contribution in [0.3, 0.4) is 0 Å². The molecule has 0 spiro atoms. The average Bonchev–Trinajstić information content (AvgIpc) is 3.31. The van der Waals surface area contributed by atoms with Crippen molar-refractivity contribution < 1.29 is 9.21 Å². The van der Waals surface area contributed by atoms with E-state index in [0.717, 1.165) is 51.7 Å². The fraction of sp³-hybridized carbons (Fsp3) is 0.238. The van der Waals surface area contributed by atoms with Crippen LogP contribution >= 0.6 is 15.9 Å². The normalized spacial score (nSPS) is 17.7. The van der Waals surface area contributed by atoms with E-state index in [1.165, 1.54) is 0 Å². The predicted octanol–water partition coefficient (Wildman–Crippen LogP) is 5.09. The van der Waals surface area contributed by atoms with Crippen LogP contribution in [0.4, 0.5) is 0 Å². The summed E-state index contributed by atoms with van der Waals surface area (Å²) in [4.78, 5) is 23.0. The molecule has 27 heavy (non-hydrogen) atoms. The first-order chi connectivity index (χ1) is 13.2. The van der Waals surface area contributed by atoms with Gasteiger partial charge >= 0.3 is 0 Å². The van der Waals surface area contributed by atoms with Crippen molar-refractivity contribution in [2.75, 3.05) is 13.1 Å². The molecule has 5 nitrogen and oxygen atoms in total. The summed E-state index contributed by atoms with van der Waals surface area (Å²) in [5.41, 5.74) is 2.74. The number of aromatic amines is 1.